The van der Waals surface area contributed by atoms with Crippen LogP contribution in [-0.4, -0.2) is 46.9 Å². The van der Waals surface area contributed by atoms with E-state index in [2.05, 4.69) is 9.88 Å². The number of aromatic nitrogens is 1. The van der Waals surface area contributed by atoms with E-state index in [9.17, 15) is 14.4 Å². The fourth-order valence-electron chi connectivity index (χ4n) is 4.05. The zero-order chi connectivity index (χ0) is 22.7. The maximum Gasteiger partial charge on any atom is 0.325 e. The number of imide groups is 1. The highest BCUT2D eigenvalue weighted by Gasteiger charge is 2.39. The lowest BCUT2D eigenvalue weighted by Crippen LogP contribution is -2.36. The van der Waals surface area contributed by atoms with Crippen LogP contribution in [0.2, 0.25) is 0 Å². The minimum absolute atomic E-state index is 0.225. The van der Waals surface area contributed by atoms with Crippen LogP contribution in [0, 0.1) is 19.8 Å². The Morgan fingerprint density at radius 1 is 1.16 bits per heavy atom. The van der Waals surface area contributed by atoms with Gasteiger partial charge in [-0.3, -0.25) is 14.5 Å². The Labute approximate surface area is 183 Å². The minimum atomic E-state index is -0.544. The van der Waals surface area contributed by atoms with Crippen molar-refractivity contribution in [1.29, 1.82) is 0 Å². The summed E-state index contributed by atoms with van der Waals surface area (Å²) in [5.41, 5.74) is 3.56. The molecule has 0 aliphatic carbocycles. The van der Waals surface area contributed by atoms with E-state index in [1.807, 2.05) is 58.0 Å². The Hall–Kier alpha value is -3.09. The molecule has 0 saturated carbocycles. The van der Waals surface area contributed by atoms with Gasteiger partial charge in [0, 0.05) is 23.5 Å². The first-order chi connectivity index (χ1) is 14.7. The number of ketones is 1. The van der Waals surface area contributed by atoms with Crippen molar-refractivity contribution in [2.75, 3.05) is 13.7 Å². The molecule has 1 fully saturated rings. The van der Waals surface area contributed by atoms with Crippen molar-refractivity contribution in [3.05, 3.63) is 52.8 Å². The second-order valence-electron chi connectivity index (χ2n) is 8.51. The Balaban J connectivity index is 1.68. The summed E-state index contributed by atoms with van der Waals surface area (Å²) in [4.78, 5) is 38.8. The molecule has 166 valence electrons. The lowest BCUT2D eigenvalue weighted by Gasteiger charge is -2.13. The molecule has 1 aromatic carbocycles. The van der Waals surface area contributed by atoms with Crippen molar-refractivity contribution in [1.82, 2.24) is 14.8 Å². The van der Waals surface area contributed by atoms with Crippen LogP contribution in [0.15, 0.2) is 30.3 Å². The number of hydrogen-bond donors (Lipinski definition) is 1. The van der Waals surface area contributed by atoms with Crippen molar-refractivity contribution in [2.24, 2.45) is 5.92 Å². The van der Waals surface area contributed by atoms with Crippen molar-refractivity contribution in [3.8, 4) is 5.75 Å². The SMILES string of the molecule is COc1ccc(CCn2c(C)cc(C(=O)CN3C(=O)NC(CC(C)C)C3=O)c2C)cc1. The maximum atomic E-state index is 13.0. The summed E-state index contributed by atoms with van der Waals surface area (Å²) in [5.74, 6) is 0.550. The van der Waals surface area contributed by atoms with E-state index in [0.717, 1.165) is 35.0 Å². The van der Waals surface area contributed by atoms with Crippen molar-refractivity contribution >= 4 is 17.7 Å². The standard InChI is InChI=1S/C24H31N3O4/c1-15(2)12-21-23(29)27(24(30)25-21)14-22(28)20-13-16(3)26(17(20)4)11-10-18-6-8-19(31-5)9-7-18/h6-9,13,15,21H,10-12,14H2,1-5H3,(H,25,30). The number of carbonyl (C=O) groups excluding carboxylic acids is 3. The monoisotopic (exact) mass is 425 g/mol. The number of nitrogens with zero attached hydrogens (tertiary/aromatic N) is 2. The lowest BCUT2D eigenvalue weighted by atomic mass is 10.0. The highest BCUT2D eigenvalue weighted by molar-refractivity contribution is 6.09. The molecule has 1 saturated heterocycles. The van der Waals surface area contributed by atoms with E-state index in [1.54, 1.807) is 7.11 Å². The Kier molecular flexibility index (Phi) is 6.83. The highest BCUT2D eigenvalue weighted by atomic mass is 16.5. The summed E-state index contributed by atoms with van der Waals surface area (Å²) < 4.78 is 7.30. The predicted octanol–water partition coefficient (Wildman–Crippen LogP) is 3.51. The summed E-state index contributed by atoms with van der Waals surface area (Å²) in [7, 11) is 1.64. The third-order valence-electron chi connectivity index (χ3n) is 5.77. The van der Waals surface area contributed by atoms with E-state index in [0.29, 0.717) is 12.0 Å². The van der Waals surface area contributed by atoms with Gasteiger partial charge >= 0.3 is 6.03 Å². The molecule has 7 heteroatoms. The molecule has 0 radical (unpaired) electrons. The van der Waals surface area contributed by atoms with Crippen LogP contribution in [0.5, 0.6) is 5.75 Å². The number of ether oxygens (including phenoxy) is 1. The van der Waals surface area contributed by atoms with Crippen LogP contribution in [0.25, 0.3) is 0 Å². The van der Waals surface area contributed by atoms with Gasteiger partial charge < -0.3 is 14.6 Å². The number of methoxy groups -OCH3 is 1. The van der Waals surface area contributed by atoms with E-state index in [1.165, 1.54) is 5.56 Å². The quantitative estimate of drug-likeness (QED) is 0.493. The molecule has 3 amide bonds. The van der Waals surface area contributed by atoms with Crippen LogP contribution >= 0.6 is 0 Å². The topological polar surface area (TPSA) is 80.6 Å². The number of nitrogens with one attached hydrogen (secondary N) is 1. The second-order valence-corrected chi connectivity index (χ2v) is 8.51. The first-order valence-corrected chi connectivity index (χ1v) is 10.7. The van der Waals surface area contributed by atoms with Gasteiger partial charge in [0.1, 0.15) is 11.8 Å². The molecular weight excluding hydrogens is 394 g/mol. The van der Waals surface area contributed by atoms with Gasteiger partial charge in [-0.25, -0.2) is 4.79 Å². The molecule has 1 N–H and O–H groups in total. The van der Waals surface area contributed by atoms with Crippen LogP contribution in [0.1, 0.15) is 47.6 Å². The number of benzene rings is 1. The lowest BCUT2D eigenvalue weighted by molar-refractivity contribution is -0.127. The second kappa shape index (κ2) is 9.37. The van der Waals surface area contributed by atoms with Crippen LogP contribution in [0.4, 0.5) is 4.79 Å². The molecular formula is C24H31N3O4. The molecule has 0 spiro atoms. The Morgan fingerprint density at radius 2 is 1.84 bits per heavy atom. The predicted molar refractivity (Wildman–Crippen MR) is 118 cm³/mol. The van der Waals surface area contributed by atoms with Crippen LogP contribution in [0.3, 0.4) is 0 Å². The maximum absolute atomic E-state index is 13.0. The van der Waals surface area contributed by atoms with E-state index < -0.39 is 12.1 Å². The number of Topliss-reactive ketones (excluding diaryl/α,β-unsaturated/α-hetero) is 1. The van der Waals surface area contributed by atoms with Gasteiger partial charge in [-0.15, -0.1) is 0 Å². The molecule has 1 aromatic heterocycles. The summed E-state index contributed by atoms with van der Waals surface area (Å²) in [5, 5.41) is 2.69. The summed E-state index contributed by atoms with van der Waals surface area (Å²) in [6, 6.07) is 8.74. The van der Waals surface area contributed by atoms with Gasteiger partial charge in [0.25, 0.3) is 5.91 Å². The number of hydrogen-bond acceptors (Lipinski definition) is 4. The molecule has 1 unspecified atom stereocenters. The highest BCUT2D eigenvalue weighted by Crippen LogP contribution is 2.20. The molecule has 1 aliphatic rings. The largest absolute Gasteiger partial charge is 0.497 e. The van der Waals surface area contributed by atoms with E-state index >= 15 is 0 Å². The minimum Gasteiger partial charge on any atom is -0.497 e. The summed E-state index contributed by atoms with van der Waals surface area (Å²) in [6.07, 6.45) is 1.38. The van der Waals surface area contributed by atoms with E-state index in [4.69, 9.17) is 4.74 Å². The van der Waals surface area contributed by atoms with Crippen molar-refractivity contribution in [3.63, 3.8) is 0 Å². The molecule has 7 nitrogen and oxygen atoms in total. The van der Waals surface area contributed by atoms with Gasteiger partial charge in [0.05, 0.1) is 13.7 Å². The normalized spacial score (nSPS) is 16.2. The zero-order valence-electron chi connectivity index (χ0n) is 18.9. The summed E-state index contributed by atoms with van der Waals surface area (Å²) in [6.45, 7) is 8.35. The molecule has 0 bridgehead atoms. The third kappa shape index (κ3) is 4.98. The number of aryl methyl sites for hydroxylation is 2. The molecule has 1 aliphatic heterocycles. The Morgan fingerprint density at radius 3 is 2.45 bits per heavy atom. The number of urea groups is 1. The van der Waals surface area contributed by atoms with Gasteiger partial charge in [-0.1, -0.05) is 26.0 Å². The van der Waals surface area contributed by atoms with E-state index in [-0.39, 0.29) is 24.2 Å². The number of carbonyl (C=O) groups is 3. The molecule has 2 heterocycles. The number of amides is 3. The van der Waals surface area contributed by atoms with Crippen LogP contribution < -0.4 is 10.1 Å². The molecule has 31 heavy (non-hydrogen) atoms. The van der Waals surface area contributed by atoms with Gasteiger partial charge in [0.15, 0.2) is 5.78 Å². The molecule has 1 atom stereocenters. The van der Waals surface area contributed by atoms with Crippen LogP contribution in [-0.2, 0) is 17.8 Å². The average molecular weight is 426 g/mol. The third-order valence-corrected chi connectivity index (χ3v) is 5.77. The number of rotatable bonds is 9. The van der Waals surface area contributed by atoms with Crippen molar-refractivity contribution in [2.45, 2.75) is 53.1 Å². The first kappa shape index (κ1) is 22.6. The van der Waals surface area contributed by atoms with Gasteiger partial charge in [0.2, 0.25) is 0 Å². The molecule has 3 rings (SSSR count). The first-order valence-electron chi connectivity index (χ1n) is 10.7. The molecule has 2 aromatic rings. The fourth-order valence-corrected chi connectivity index (χ4v) is 4.05. The summed E-state index contributed by atoms with van der Waals surface area (Å²) >= 11 is 0. The fraction of sp³-hybridized carbons (Fsp3) is 0.458. The average Bonchev–Trinajstić information content (AvgIpc) is 3.16. The van der Waals surface area contributed by atoms with Gasteiger partial charge in [-0.05, 0) is 56.4 Å². The Bertz CT molecular complexity index is 975. The van der Waals surface area contributed by atoms with Crippen molar-refractivity contribution < 1.29 is 19.1 Å². The smallest absolute Gasteiger partial charge is 0.325 e. The zero-order valence-corrected chi connectivity index (χ0v) is 18.9. The van der Waals surface area contributed by atoms with Gasteiger partial charge in [-0.2, -0.15) is 0 Å².